The molecule has 0 saturated heterocycles. The van der Waals surface area contributed by atoms with Crippen molar-refractivity contribution < 1.29 is 26.2 Å². The van der Waals surface area contributed by atoms with E-state index in [0.29, 0.717) is 11.4 Å². The number of imidazole rings is 1. The van der Waals surface area contributed by atoms with E-state index < -0.39 is 0 Å². The van der Waals surface area contributed by atoms with Crippen LogP contribution in [-0.2, 0) is 37.3 Å². The zero-order chi connectivity index (χ0) is 46.7. The number of fused-ring (bicyclic) bond motifs is 1. The number of phenols is 1. The molecule has 9 aromatic rings. The predicted octanol–water partition coefficient (Wildman–Crippen LogP) is 16.4. The molecule has 7 aromatic carbocycles. The average molecular weight is 1060 g/mol. The summed E-state index contributed by atoms with van der Waals surface area (Å²) < 4.78 is 2.26. The van der Waals surface area contributed by atoms with Gasteiger partial charge in [-0.3, -0.25) is 9.55 Å². The first-order valence-electron chi connectivity index (χ1n) is 23.1. The maximum Gasteiger partial charge on any atom is 0.148 e. The van der Waals surface area contributed by atoms with Crippen LogP contribution >= 0.6 is 0 Å². The summed E-state index contributed by atoms with van der Waals surface area (Å²) >= 11 is 0. The van der Waals surface area contributed by atoms with Gasteiger partial charge in [-0.15, -0.1) is 29.3 Å². The van der Waals surface area contributed by atoms with Crippen molar-refractivity contribution in [1.29, 1.82) is 0 Å². The van der Waals surface area contributed by atoms with Crippen LogP contribution in [0.3, 0.4) is 0 Å². The van der Waals surface area contributed by atoms with E-state index in [4.69, 9.17) is 9.97 Å². The summed E-state index contributed by atoms with van der Waals surface area (Å²) in [5.74, 6) is 0.943. The van der Waals surface area contributed by atoms with Crippen LogP contribution in [0, 0.1) is 19.9 Å². The maximum absolute atomic E-state index is 12.5. The minimum atomic E-state index is -0.321. The molecule has 0 amide bonds. The van der Waals surface area contributed by atoms with Gasteiger partial charge in [0.1, 0.15) is 11.6 Å². The molecular weight excluding hydrogens is 998 g/mol. The van der Waals surface area contributed by atoms with Crippen molar-refractivity contribution in [2.45, 2.75) is 92.4 Å². The number of hydrogen-bond acceptors (Lipinski definition) is 3. The third-order valence-corrected chi connectivity index (χ3v) is 13.1. The summed E-state index contributed by atoms with van der Waals surface area (Å²) in [6, 6.07) is 57.8. The molecule has 0 aliphatic heterocycles. The number of benzene rings is 7. The molecule has 0 aliphatic carbocycles. The van der Waals surface area contributed by atoms with Crippen LogP contribution < -0.4 is 0 Å². The molecular formula is C62H60N3OPt-. The van der Waals surface area contributed by atoms with Crippen LogP contribution in [0.5, 0.6) is 5.75 Å². The second kappa shape index (κ2) is 18.0. The standard InChI is InChI=1S/C62H60N3O.Pt/c1-39-31-50(38-52(40(39)2)44-21-16-13-17-22-44)65-56-24-18-23-51(57(56)64-59(65)53-36-49(61(6,7)8)37-54(58(53)66)62(9,10)11)46-32-47(34-48(33-46)60(3,4)5)55-35-45(29-30-63-55)43-27-25-42(26-28-43)41-19-14-12-15-20-41;/h12-31,33-38,66H,1-11H3;/q-1;. The molecule has 9 rings (SSSR count). The Morgan fingerprint density at radius 1 is 0.507 bits per heavy atom. The van der Waals surface area contributed by atoms with Crippen molar-refractivity contribution in [3.05, 3.63) is 192 Å². The SMILES string of the molecule is Cc1cc(-n2c(-c3cc(C(C)(C)C)cc(C(C)(C)C)c3O)nc3c(-c4[c-]c(-c5cc(-c6ccc(-c7ccccc7)cc6)ccn5)cc(C(C)(C)C)c4)cccc32)cc(-c2ccccc2)c1C.[Pt]. The third-order valence-electron chi connectivity index (χ3n) is 13.1. The van der Waals surface area contributed by atoms with E-state index in [0.717, 1.165) is 72.5 Å². The number of hydrogen-bond donors (Lipinski definition) is 1. The van der Waals surface area contributed by atoms with Crippen LogP contribution in [0.1, 0.15) is 90.1 Å². The first kappa shape index (κ1) is 47.2. The molecule has 1 N–H and O–H groups in total. The summed E-state index contributed by atoms with van der Waals surface area (Å²) in [4.78, 5) is 10.6. The minimum Gasteiger partial charge on any atom is -0.507 e. The Labute approximate surface area is 412 Å². The molecule has 0 radical (unpaired) electrons. The molecule has 5 heteroatoms. The van der Waals surface area contributed by atoms with Crippen LogP contribution in [0.4, 0.5) is 0 Å². The van der Waals surface area contributed by atoms with Crippen molar-refractivity contribution in [3.8, 4) is 78.6 Å². The van der Waals surface area contributed by atoms with Gasteiger partial charge in [0.2, 0.25) is 0 Å². The van der Waals surface area contributed by atoms with Crippen molar-refractivity contribution >= 4 is 11.0 Å². The number of nitrogens with zero attached hydrogens (tertiary/aromatic N) is 3. The third kappa shape index (κ3) is 9.34. The largest absolute Gasteiger partial charge is 0.507 e. The molecule has 0 saturated carbocycles. The van der Waals surface area contributed by atoms with Gasteiger partial charge in [0, 0.05) is 44.2 Å². The molecule has 4 nitrogen and oxygen atoms in total. The summed E-state index contributed by atoms with van der Waals surface area (Å²) in [6.07, 6.45) is 1.90. The minimum absolute atomic E-state index is 0. The Morgan fingerprint density at radius 3 is 1.72 bits per heavy atom. The number of aromatic nitrogens is 3. The zero-order valence-corrected chi connectivity index (χ0v) is 42.9. The fourth-order valence-electron chi connectivity index (χ4n) is 8.98. The van der Waals surface area contributed by atoms with E-state index in [1.807, 2.05) is 12.3 Å². The fourth-order valence-corrected chi connectivity index (χ4v) is 8.98. The molecule has 0 fully saturated rings. The number of pyridine rings is 1. The second-order valence-electron chi connectivity index (χ2n) is 21.0. The molecule has 0 unspecified atom stereocenters. The van der Waals surface area contributed by atoms with Gasteiger partial charge in [0.05, 0.1) is 16.6 Å². The molecule has 2 heterocycles. The van der Waals surface area contributed by atoms with Gasteiger partial charge in [-0.05, 0) is 110 Å². The van der Waals surface area contributed by atoms with Crippen molar-refractivity contribution in [3.63, 3.8) is 0 Å². The number of rotatable bonds is 7. The second-order valence-corrected chi connectivity index (χ2v) is 21.0. The van der Waals surface area contributed by atoms with E-state index in [9.17, 15) is 5.11 Å². The molecule has 0 atom stereocenters. The topological polar surface area (TPSA) is 50.9 Å². The Hall–Kier alpha value is -6.35. The molecule has 0 spiro atoms. The van der Waals surface area contributed by atoms with E-state index in [-0.39, 0.29) is 43.1 Å². The van der Waals surface area contributed by atoms with Gasteiger partial charge in [-0.2, -0.15) is 0 Å². The average Bonchev–Trinajstić information content (AvgIpc) is 3.69. The number of aromatic hydroxyl groups is 1. The Balaban J connectivity index is 0.00000608. The van der Waals surface area contributed by atoms with Crippen LogP contribution in [0.2, 0.25) is 0 Å². The van der Waals surface area contributed by atoms with Crippen molar-refractivity contribution in [1.82, 2.24) is 14.5 Å². The van der Waals surface area contributed by atoms with E-state index in [2.05, 4.69) is 232 Å². The smallest absolute Gasteiger partial charge is 0.148 e. The Kier molecular flexibility index (Phi) is 12.7. The van der Waals surface area contributed by atoms with Crippen LogP contribution in [0.25, 0.3) is 83.9 Å². The zero-order valence-electron chi connectivity index (χ0n) is 40.6. The first-order chi connectivity index (χ1) is 31.3. The predicted molar refractivity (Wildman–Crippen MR) is 278 cm³/mol. The van der Waals surface area contributed by atoms with Crippen LogP contribution in [0.15, 0.2) is 158 Å². The van der Waals surface area contributed by atoms with E-state index in [1.165, 1.54) is 27.8 Å². The van der Waals surface area contributed by atoms with E-state index in [1.54, 1.807) is 0 Å². The monoisotopic (exact) mass is 1060 g/mol. The molecule has 0 aliphatic rings. The number of para-hydroxylation sites is 1. The van der Waals surface area contributed by atoms with E-state index >= 15 is 0 Å². The maximum atomic E-state index is 12.5. The first-order valence-corrected chi connectivity index (χ1v) is 23.1. The molecule has 340 valence electrons. The normalized spacial score (nSPS) is 12.0. The van der Waals surface area contributed by atoms with Gasteiger partial charge in [0.25, 0.3) is 0 Å². The summed E-state index contributed by atoms with van der Waals surface area (Å²) in [5, 5.41) is 12.5. The molecule has 0 bridgehead atoms. The summed E-state index contributed by atoms with van der Waals surface area (Å²) in [5.41, 5.74) is 19.0. The fraction of sp³-hybridized carbons (Fsp3) is 0.226. The van der Waals surface area contributed by atoms with Crippen molar-refractivity contribution in [2.24, 2.45) is 0 Å². The summed E-state index contributed by atoms with van der Waals surface area (Å²) in [6.45, 7) is 24.3. The number of phenolic OH excluding ortho intramolecular Hbond substituents is 1. The molecule has 67 heavy (non-hydrogen) atoms. The Bertz CT molecular complexity index is 3250. The van der Waals surface area contributed by atoms with Gasteiger partial charge in [-0.1, -0.05) is 183 Å². The van der Waals surface area contributed by atoms with Gasteiger partial charge in [-0.25, -0.2) is 4.98 Å². The summed E-state index contributed by atoms with van der Waals surface area (Å²) in [7, 11) is 0. The molecule has 2 aromatic heterocycles. The van der Waals surface area contributed by atoms with Gasteiger partial charge < -0.3 is 5.11 Å². The van der Waals surface area contributed by atoms with Crippen molar-refractivity contribution in [2.75, 3.05) is 0 Å². The van der Waals surface area contributed by atoms with Gasteiger partial charge in [0.15, 0.2) is 0 Å². The van der Waals surface area contributed by atoms with Gasteiger partial charge >= 0.3 is 0 Å². The number of aryl methyl sites for hydroxylation is 1. The van der Waals surface area contributed by atoms with Crippen LogP contribution in [-0.4, -0.2) is 19.6 Å². The Morgan fingerprint density at radius 2 is 1.09 bits per heavy atom. The quantitative estimate of drug-likeness (QED) is 0.162.